The molecule has 0 rings (SSSR count). The Morgan fingerprint density at radius 1 is 0.557 bits per heavy atom. The maximum absolute atomic E-state index is 12.8. The predicted octanol–water partition coefficient (Wildman–Crippen LogP) is 13.2. The van der Waals surface area contributed by atoms with Crippen LogP contribution in [0.15, 0.2) is 134 Å². The molecule has 3 atom stereocenters. The van der Waals surface area contributed by atoms with E-state index in [-0.39, 0.29) is 19.1 Å². The molecule has 0 aromatic rings. The summed E-state index contributed by atoms with van der Waals surface area (Å²) in [6.45, 7) is 4.48. The Labute approximate surface area is 373 Å². The van der Waals surface area contributed by atoms with E-state index < -0.39 is 20.0 Å². The van der Waals surface area contributed by atoms with Crippen LogP contribution in [0.25, 0.3) is 0 Å². The lowest BCUT2D eigenvalue weighted by atomic mass is 10.1. The molecule has 3 unspecified atom stereocenters. The fourth-order valence-corrected chi connectivity index (χ4v) is 6.24. The number of hydrogen-bond acceptors (Lipinski definition) is 5. The van der Waals surface area contributed by atoms with E-state index in [1.807, 2.05) is 27.2 Å². The number of nitrogens with one attached hydrogen (secondary N) is 1. The fourth-order valence-electron chi connectivity index (χ4n) is 5.50. The van der Waals surface area contributed by atoms with E-state index in [1.54, 1.807) is 6.08 Å². The van der Waals surface area contributed by atoms with Gasteiger partial charge < -0.3 is 19.8 Å². The minimum atomic E-state index is -4.36. The van der Waals surface area contributed by atoms with Crippen LogP contribution in [0.5, 0.6) is 0 Å². The van der Waals surface area contributed by atoms with Crippen LogP contribution in [0.4, 0.5) is 0 Å². The summed E-state index contributed by atoms with van der Waals surface area (Å²) < 4.78 is 23.5. The molecule has 0 aliphatic rings. The number of aliphatic hydroxyl groups excluding tert-OH is 1. The maximum Gasteiger partial charge on any atom is 0.472 e. The number of unbranched alkanes of at least 4 members (excludes halogenated alkanes) is 6. The number of phosphoric acid groups is 1. The topological polar surface area (TPSA) is 105 Å². The summed E-state index contributed by atoms with van der Waals surface area (Å²) in [5.41, 5.74) is 0. The molecule has 61 heavy (non-hydrogen) atoms. The van der Waals surface area contributed by atoms with Gasteiger partial charge in [0.2, 0.25) is 5.91 Å². The summed E-state index contributed by atoms with van der Waals surface area (Å²) in [5.74, 6) is -0.226. The van der Waals surface area contributed by atoms with Crippen LogP contribution in [-0.2, 0) is 18.4 Å². The number of amides is 1. The van der Waals surface area contributed by atoms with E-state index in [9.17, 15) is 19.4 Å². The van der Waals surface area contributed by atoms with Gasteiger partial charge in [0.05, 0.1) is 39.9 Å². The summed E-state index contributed by atoms with van der Waals surface area (Å²) in [7, 11) is 1.50. The Kier molecular flexibility index (Phi) is 39.7. The highest BCUT2D eigenvalue weighted by molar-refractivity contribution is 7.47. The Morgan fingerprint density at radius 3 is 1.43 bits per heavy atom. The van der Waals surface area contributed by atoms with Gasteiger partial charge in [-0.05, 0) is 103 Å². The van der Waals surface area contributed by atoms with Crippen LogP contribution >= 0.6 is 7.82 Å². The first-order valence-electron chi connectivity index (χ1n) is 23.1. The number of quaternary nitrogens is 1. The summed E-state index contributed by atoms with van der Waals surface area (Å²) >= 11 is 0. The van der Waals surface area contributed by atoms with E-state index in [2.05, 4.69) is 141 Å². The van der Waals surface area contributed by atoms with Crippen molar-refractivity contribution in [3.05, 3.63) is 134 Å². The summed E-state index contributed by atoms with van der Waals surface area (Å²) in [4.78, 5) is 23.1. The van der Waals surface area contributed by atoms with Crippen molar-refractivity contribution in [2.75, 3.05) is 40.9 Å². The molecule has 0 heterocycles. The number of nitrogens with zero attached hydrogens (tertiary/aromatic N) is 1. The van der Waals surface area contributed by atoms with Gasteiger partial charge in [-0.1, -0.05) is 160 Å². The molecule has 3 N–H and O–H groups in total. The van der Waals surface area contributed by atoms with Crippen LogP contribution < -0.4 is 5.32 Å². The van der Waals surface area contributed by atoms with E-state index in [0.717, 1.165) is 116 Å². The first-order valence-corrected chi connectivity index (χ1v) is 24.6. The van der Waals surface area contributed by atoms with Crippen LogP contribution in [0.1, 0.15) is 136 Å². The van der Waals surface area contributed by atoms with Gasteiger partial charge in [0.15, 0.2) is 0 Å². The van der Waals surface area contributed by atoms with Crippen molar-refractivity contribution in [3.63, 3.8) is 0 Å². The lowest BCUT2D eigenvalue weighted by Crippen LogP contribution is -2.45. The van der Waals surface area contributed by atoms with Gasteiger partial charge in [0.1, 0.15) is 13.2 Å². The number of carbonyl (C=O) groups is 1. The molecule has 0 radical (unpaired) electrons. The zero-order valence-electron chi connectivity index (χ0n) is 38.8. The molecule has 8 nitrogen and oxygen atoms in total. The number of phosphoric ester groups is 1. The SMILES string of the molecule is CC/C=C\C/C=C\C/C=C\C/C=C\C/C=C\C/C=C\C/C=C\C/C=C\CCCCCCC(=O)NC(COP(=O)(O)OCC[N+](C)(C)C)C(O)/C=C/CC/C=C/CC/C=C/CC. The lowest BCUT2D eigenvalue weighted by molar-refractivity contribution is -0.870. The minimum absolute atomic E-state index is 0.0394. The zero-order valence-corrected chi connectivity index (χ0v) is 39.7. The third-order valence-electron chi connectivity index (χ3n) is 9.09. The maximum atomic E-state index is 12.8. The van der Waals surface area contributed by atoms with E-state index in [4.69, 9.17) is 9.05 Å². The van der Waals surface area contributed by atoms with Gasteiger partial charge in [-0.2, -0.15) is 0 Å². The molecule has 0 aromatic carbocycles. The van der Waals surface area contributed by atoms with Crippen molar-refractivity contribution in [3.8, 4) is 0 Å². The smallest absolute Gasteiger partial charge is 0.387 e. The second kappa shape index (κ2) is 42.0. The van der Waals surface area contributed by atoms with Gasteiger partial charge in [0.25, 0.3) is 0 Å². The first-order chi connectivity index (χ1) is 29.5. The second-order valence-electron chi connectivity index (χ2n) is 16.0. The van der Waals surface area contributed by atoms with Crippen molar-refractivity contribution in [1.29, 1.82) is 0 Å². The van der Waals surface area contributed by atoms with Gasteiger partial charge in [-0.25, -0.2) is 4.57 Å². The molecule has 344 valence electrons. The molecule has 1 amide bonds. The highest BCUT2D eigenvalue weighted by Gasteiger charge is 2.27. The summed E-state index contributed by atoms with van der Waals surface area (Å²) in [6, 6.07) is -0.892. The third-order valence-corrected chi connectivity index (χ3v) is 10.1. The molecule has 9 heteroatoms. The fraction of sp³-hybridized carbons (Fsp3) is 0.558. The number of rotatable bonds is 39. The lowest BCUT2D eigenvalue weighted by Gasteiger charge is -2.25. The van der Waals surface area contributed by atoms with Crippen LogP contribution in [0, 0.1) is 0 Å². The van der Waals surface area contributed by atoms with Gasteiger partial charge in [0, 0.05) is 6.42 Å². The molecular weight excluding hydrogens is 780 g/mol. The Morgan fingerprint density at radius 2 is 0.951 bits per heavy atom. The van der Waals surface area contributed by atoms with E-state index in [1.165, 1.54) is 0 Å². The number of hydrogen-bond donors (Lipinski definition) is 3. The number of likely N-dealkylation sites (N-methyl/N-ethyl adjacent to an activating group) is 1. The largest absolute Gasteiger partial charge is 0.472 e. The van der Waals surface area contributed by atoms with Crippen LogP contribution in [-0.4, -0.2) is 73.4 Å². The molecule has 0 saturated carbocycles. The standard InChI is InChI=1S/C52H85N2O6P/c1-6-8-10-12-14-16-18-19-20-21-22-23-24-25-26-27-28-29-30-31-32-33-34-35-36-38-40-42-44-46-52(56)53-50(49-60-61(57,58)59-48-47-54(3,4)5)51(55)45-43-41-39-37-17-15-13-11-9-7-2/h8-11,14,16-17,19-20,22-23,25-26,28-29,31-32,34-35,37,43,45,50-51,55H,6-7,12-13,15,18,21,24,27,30,33,36,38-42,44,46-49H2,1-5H3,(H-,53,56,57,58)/p+1/b10-8-,11-9+,16-14-,20-19-,23-22-,26-25-,29-28-,32-31-,35-34-,37-17+,45-43+. The molecule has 0 fully saturated rings. The Balaban J connectivity index is 4.36. The second-order valence-corrected chi connectivity index (χ2v) is 17.4. The van der Waals surface area contributed by atoms with Crippen molar-refractivity contribution >= 4 is 13.7 Å². The summed E-state index contributed by atoms with van der Waals surface area (Å²) in [6.07, 6.45) is 64.0. The van der Waals surface area contributed by atoms with Gasteiger partial charge >= 0.3 is 7.82 Å². The normalized spacial score (nSPS) is 15.5. The van der Waals surface area contributed by atoms with Crippen molar-refractivity contribution in [1.82, 2.24) is 5.32 Å². The molecule has 0 aliphatic heterocycles. The Hall–Kier alpha value is -3.36. The van der Waals surface area contributed by atoms with Crippen molar-refractivity contribution in [2.24, 2.45) is 0 Å². The molecule has 0 aliphatic carbocycles. The number of allylic oxidation sites excluding steroid dienone is 21. The third kappa shape index (κ3) is 44.5. The predicted molar refractivity (Wildman–Crippen MR) is 262 cm³/mol. The highest BCUT2D eigenvalue weighted by Crippen LogP contribution is 2.43. The monoisotopic (exact) mass is 866 g/mol. The first kappa shape index (κ1) is 57.6. The molecule has 0 spiro atoms. The molecule has 0 bridgehead atoms. The van der Waals surface area contributed by atoms with E-state index in [0.29, 0.717) is 17.4 Å². The number of aliphatic hydroxyl groups is 1. The number of carbonyl (C=O) groups excluding carboxylic acids is 1. The Bertz CT molecular complexity index is 1440. The highest BCUT2D eigenvalue weighted by atomic mass is 31.2. The zero-order chi connectivity index (χ0) is 45.0. The average molecular weight is 866 g/mol. The summed E-state index contributed by atoms with van der Waals surface area (Å²) in [5, 5.41) is 13.7. The van der Waals surface area contributed by atoms with Gasteiger partial charge in [-0.3, -0.25) is 13.8 Å². The van der Waals surface area contributed by atoms with E-state index >= 15 is 0 Å². The van der Waals surface area contributed by atoms with Gasteiger partial charge in [-0.15, -0.1) is 0 Å². The minimum Gasteiger partial charge on any atom is -0.387 e. The van der Waals surface area contributed by atoms with Crippen LogP contribution in [0.2, 0.25) is 0 Å². The molecule has 0 aromatic heterocycles. The quantitative estimate of drug-likeness (QED) is 0.0246. The molecule has 0 saturated heterocycles. The van der Waals surface area contributed by atoms with Crippen molar-refractivity contribution < 1.29 is 32.9 Å². The van der Waals surface area contributed by atoms with Crippen LogP contribution in [0.3, 0.4) is 0 Å². The molecular formula is C52H86N2O6P+. The average Bonchev–Trinajstić information content (AvgIpc) is 3.21. The van der Waals surface area contributed by atoms with Crippen molar-refractivity contribution in [2.45, 2.75) is 148 Å².